The molecule has 0 unspecified atom stereocenters. The summed E-state index contributed by atoms with van der Waals surface area (Å²) in [5, 5.41) is 2.87. The molecule has 5 heteroatoms. The van der Waals surface area contributed by atoms with Crippen LogP contribution in [0.5, 0.6) is 5.75 Å². The molecule has 0 aliphatic carbocycles. The average Bonchev–Trinajstić information content (AvgIpc) is 2.29. The number of carbonyl (C=O) groups is 1. The Morgan fingerprint density at radius 3 is 2.94 bits per heavy atom. The van der Waals surface area contributed by atoms with E-state index in [-0.39, 0.29) is 12.5 Å². The smallest absolute Gasteiger partial charge is 0.325 e. The zero-order valence-corrected chi connectivity index (χ0v) is 9.53. The largest absolute Gasteiger partial charge is 0.490 e. The molecule has 0 saturated heterocycles. The molecule has 0 aliphatic heterocycles. The molecule has 1 heterocycles. The molecule has 16 heavy (non-hydrogen) atoms. The van der Waals surface area contributed by atoms with Gasteiger partial charge in [-0.15, -0.1) is 0 Å². The number of ether oxygens (including phenoxy) is 2. The number of hydrogen-bond acceptors (Lipinski definition) is 5. The van der Waals surface area contributed by atoms with E-state index in [1.54, 1.807) is 25.3 Å². The van der Waals surface area contributed by atoms with Gasteiger partial charge >= 0.3 is 5.97 Å². The van der Waals surface area contributed by atoms with Crippen molar-refractivity contribution in [1.29, 1.82) is 0 Å². The molecule has 88 valence electrons. The van der Waals surface area contributed by atoms with Gasteiger partial charge in [-0.2, -0.15) is 0 Å². The highest BCUT2D eigenvalue weighted by atomic mass is 16.5. The molecule has 0 radical (unpaired) electrons. The SMILES string of the molecule is CCOC(=O)CNc1ncccc1OCC. The van der Waals surface area contributed by atoms with Crippen molar-refractivity contribution in [3.63, 3.8) is 0 Å². The zero-order valence-electron chi connectivity index (χ0n) is 9.53. The minimum atomic E-state index is -0.310. The molecule has 0 spiro atoms. The minimum absolute atomic E-state index is 0.0882. The molecule has 1 rings (SSSR count). The Labute approximate surface area is 94.8 Å². The van der Waals surface area contributed by atoms with Crippen molar-refractivity contribution in [1.82, 2.24) is 4.98 Å². The second-order valence-electron chi connectivity index (χ2n) is 2.94. The van der Waals surface area contributed by atoms with Crippen molar-refractivity contribution < 1.29 is 14.3 Å². The highest BCUT2D eigenvalue weighted by Crippen LogP contribution is 2.20. The lowest BCUT2D eigenvalue weighted by atomic mass is 10.4. The Morgan fingerprint density at radius 2 is 2.25 bits per heavy atom. The van der Waals surface area contributed by atoms with E-state index in [1.807, 2.05) is 6.92 Å². The summed E-state index contributed by atoms with van der Waals surface area (Å²) >= 11 is 0. The zero-order chi connectivity index (χ0) is 11.8. The quantitative estimate of drug-likeness (QED) is 0.741. The van der Waals surface area contributed by atoms with E-state index >= 15 is 0 Å². The van der Waals surface area contributed by atoms with Crippen LogP contribution < -0.4 is 10.1 Å². The van der Waals surface area contributed by atoms with Crippen molar-refractivity contribution in [2.24, 2.45) is 0 Å². The number of rotatable bonds is 6. The summed E-state index contributed by atoms with van der Waals surface area (Å²) in [7, 11) is 0. The van der Waals surface area contributed by atoms with Crippen LogP contribution in [-0.4, -0.2) is 30.7 Å². The highest BCUT2D eigenvalue weighted by Gasteiger charge is 2.06. The van der Waals surface area contributed by atoms with Gasteiger partial charge in [0.2, 0.25) is 0 Å². The van der Waals surface area contributed by atoms with E-state index in [9.17, 15) is 4.79 Å². The van der Waals surface area contributed by atoms with Gasteiger partial charge in [0.05, 0.1) is 13.2 Å². The van der Waals surface area contributed by atoms with Crippen LogP contribution in [0.25, 0.3) is 0 Å². The van der Waals surface area contributed by atoms with Crippen molar-refractivity contribution >= 4 is 11.8 Å². The number of hydrogen-bond donors (Lipinski definition) is 1. The Balaban J connectivity index is 2.55. The lowest BCUT2D eigenvalue weighted by Gasteiger charge is -2.10. The number of nitrogens with zero attached hydrogens (tertiary/aromatic N) is 1. The fourth-order valence-electron chi connectivity index (χ4n) is 1.16. The van der Waals surface area contributed by atoms with Gasteiger partial charge in [0, 0.05) is 6.20 Å². The molecular weight excluding hydrogens is 208 g/mol. The maximum absolute atomic E-state index is 11.1. The van der Waals surface area contributed by atoms with E-state index in [4.69, 9.17) is 9.47 Å². The van der Waals surface area contributed by atoms with Gasteiger partial charge < -0.3 is 14.8 Å². The Bertz CT molecular complexity index is 342. The predicted octanol–water partition coefficient (Wildman–Crippen LogP) is 1.46. The Morgan fingerprint density at radius 1 is 1.44 bits per heavy atom. The van der Waals surface area contributed by atoms with E-state index in [0.717, 1.165) is 0 Å². The van der Waals surface area contributed by atoms with Crippen LogP contribution in [0.15, 0.2) is 18.3 Å². The molecule has 0 aliphatic rings. The van der Waals surface area contributed by atoms with Gasteiger partial charge in [-0.25, -0.2) is 4.98 Å². The van der Waals surface area contributed by atoms with Crippen molar-refractivity contribution in [2.45, 2.75) is 13.8 Å². The molecule has 0 amide bonds. The number of pyridine rings is 1. The summed E-state index contributed by atoms with van der Waals surface area (Å²) in [6.07, 6.45) is 1.63. The third-order valence-electron chi connectivity index (χ3n) is 1.78. The van der Waals surface area contributed by atoms with Gasteiger partial charge in [0.15, 0.2) is 11.6 Å². The van der Waals surface area contributed by atoms with Crippen molar-refractivity contribution in [3.8, 4) is 5.75 Å². The van der Waals surface area contributed by atoms with Gasteiger partial charge in [-0.3, -0.25) is 4.79 Å². The maximum atomic E-state index is 11.1. The number of carbonyl (C=O) groups excluding carboxylic acids is 1. The highest BCUT2D eigenvalue weighted by molar-refractivity contribution is 5.75. The second-order valence-corrected chi connectivity index (χ2v) is 2.94. The number of anilines is 1. The fourth-order valence-corrected chi connectivity index (χ4v) is 1.16. The topological polar surface area (TPSA) is 60.5 Å². The lowest BCUT2D eigenvalue weighted by Crippen LogP contribution is -2.17. The van der Waals surface area contributed by atoms with Crippen LogP contribution in [0.1, 0.15) is 13.8 Å². The molecule has 1 aromatic heterocycles. The Hall–Kier alpha value is -1.78. The Kier molecular flexibility index (Phi) is 5.11. The summed E-state index contributed by atoms with van der Waals surface area (Å²) in [5.41, 5.74) is 0. The fraction of sp³-hybridized carbons (Fsp3) is 0.455. The predicted molar refractivity (Wildman–Crippen MR) is 60.5 cm³/mol. The van der Waals surface area contributed by atoms with Crippen molar-refractivity contribution in [3.05, 3.63) is 18.3 Å². The molecule has 0 atom stereocenters. The standard InChI is InChI=1S/C11H16N2O3/c1-3-15-9-6-5-7-12-11(9)13-8-10(14)16-4-2/h5-7H,3-4,8H2,1-2H3,(H,12,13). The summed E-state index contributed by atoms with van der Waals surface area (Å²) in [5.74, 6) is 0.877. The van der Waals surface area contributed by atoms with Gasteiger partial charge in [0.25, 0.3) is 0 Å². The molecule has 0 fully saturated rings. The molecule has 0 aromatic carbocycles. The van der Waals surface area contributed by atoms with E-state index in [2.05, 4.69) is 10.3 Å². The van der Waals surface area contributed by atoms with Crippen LogP contribution in [0.3, 0.4) is 0 Å². The summed E-state index contributed by atoms with van der Waals surface area (Å²) < 4.78 is 10.1. The first-order chi connectivity index (χ1) is 7.77. The summed E-state index contributed by atoms with van der Waals surface area (Å²) in [6.45, 7) is 4.68. The lowest BCUT2D eigenvalue weighted by molar-refractivity contribution is -0.140. The summed E-state index contributed by atoms with van der Waals surface area (Å²) in [6, 6.07) is 3.57. The number of nitrogens with one attached hydrogen (secondary N) is 1. The van der Waals surface area contributed by atoms with E-state index in [0.29, 0.717) is 24.8 Å². The van der Waals surface area contributed by atoms with Gasteiger partial charge in [-0.05, 0) is 26.0 Å². The maximum Gasteiger partial charge on any atom is 0.325 e. The summed E-state index contributed by atoms with van der Waals surface area (Å²) in [4.78, 5) is 15.2. The van der Waals surface area contributed by atoms with Crippen LogP contribution in [0.4, 0.5) is 5.82 Å². The van der Waals surface area contributed by atoms with Gasteiger partial charge in [-0.1, -0.05) is 0 Å². The van der Waals surface area contributed by atoms with E-state index < -0.39 is 0 Å². The van der Waals surface area contributed by atoms with Crippen LogP contribution in [0.2, 0.25) is 0 Å². The van der Waals surface area contributed by atoms with Gasteiger partial charge in [0.1, 0.15) is 6.54 Å². The van der Waals surface area contributed by atoms with E-state index in [1.165, 1.54) is 0 Å². The molecule has 0 bridgehead atoms. The minimum Gasteiger partial charge on any atom is -0.490 e. The molecular formula is C11H16N2O3. The first kappa shape index (κ1) is 12.3. The molecule has 0 saturated carbocycles. The van der Waals surface area contributed by atoms with Crippen LogP contribution >= 0.6 is 0 Å². The first-order valence-corrected chi connectivity index (χ1v) is 5.25. The monoisotopic (exact) mass is 224 g/mol. The number of aromatic nitrogens is 1. The molecule has 1 aromatic rings. The van der Waals surface area contributed by atoms with Crippen molar-refractivity contribution in [2.75, 3.05) is 25.1 Å². The first-order valence-electron chi connectivity index (χ1n) is 5.25. The number of esters is 1. The van der Waals surface area contributed by atoms with Crippen LogP contribution in [-0.2, 0) is 9.53 Å². The average molecular weight is 224 g/mol. The third-order valence-corrected chi connectivity index (χ3v) is 1.78. The molecule has 5 nitrogen and oxygen atoms in total. The second kappa shape index (κ2) is 6.66. The van der Waals surface area contributed by atoms with Crippen LogP contribution in [0, 0.1) is 0 Å². The normalized spacial score (nSPS) is 9.62. The molecule has 1 N–H and O–H groups in total. The third kappa shape index (κ3) is 3.76.